The average molecular weight is 337 g/mol. The topological polar surface area (TPSA) is 67.6 Å². The Morgan fingerprint density at radius 2 is 2.12 bits per heavy atom. The van der Waals surface area contributed by atoms with Crippen molar-refractivity contribution < 1.29 is 13.9 Å². The summed E-state index contributed by atoms with van der Waals surface area (Å²) in [6.07, 6.45) is 0.763. The molecule has 25 heavy (non-hydrogen) atoms. The normalized spacial score (nSPS) is 17.4. The number of amides is 1. The van der Waals surface area contributed by atoms with Crippen LogP contribution in [0.2, 0.25) is 0 Å². The monoisotopic (exact) mass is 337 g/mol. The molecule has 1 saturated heterocycles. The highest BCUT2D eigenvalue weighted by Gasteiger charge is 2.32. The highest BCUT2D eigenvalue weighted by Crippen LogP contribution is 2.25. The van der Waals surface area contributed by atoms with E-state index < -0.39 is 0 Å². The summed E-state index contributed by atoms with van der Waals surface area (Å²) in [5.41, 5.74) is 3.26. The van der Waals surface area contributed by atoms with Crippen LogP contribution in [0.4, 0.5) is 11.4 Å². The summed E-state index contributed by atoms with van der Waals surface area (Å²) in [7, 11) is 1.60. The van der Waals surface area contributed by atoms with Crippen LogP contribution in [0, 0.1) is 0 Å². The molecule has 1 unspecified atom stereocenters. The first-order valence-corrected chi connectivity index (χ1v) is 8.26. The van der Waals surface area contributed by atoms with Gasteiger partial charge in [-0.25, -0.2) is 4.98 Å². The number of oxazole rings is 1. The number of methoxy groups -OCH3 is 1. The van der Waals surface area contributed by atoms with Crippen LogP contribution in [0.5, 0.6) is 0 Å². The van der Waals surface area contributed by atoms with Gasteiger partial charge in [0.1, 0.15) is 18.2 Å². The van der Waals surface area contributed by atoms with Crippen LogP contribution in [0.3, 0.4) is 0 Å². The standard InChI is InChI=1S/C19H19N3O3/c1-24-12-18-21-16-11-13(7-8-17(16)25-18)20-15-9-10-22(19(15)23)14-5-3-2-4-6-14/h2-8,11,15,20H,9-10,12H2,1H3. The molecule has 1 fully saturated rings. The zero-order valence-corrected chi connectivity index (χ0v) is 13.9. The van der Waals surface area contributed by atoms with Crippen LogP contribution in [-0.4, -0.2) is 30.6 Å². The number of anilines is 2. The van der Waals surface area contributed by atoms with Crippen molar-refractivity contribution in [1.82, 2.24) is 4.98 Å². The zero-order valence-electron chi connectivity index (χ0n) is 13.9. The second-order valence-electron chi connectivity index (χ2n) is 6.03. The highest BCUT2D eigenvalue weighted by molar-refractivity contribution is 6.01. The summed E-state index contributed by atoms with van der Waals surface area (Å²) in [5.74, 6) is 0.633. The number of carbonyl (C=O) groups excluding carboxylic acids is 1. The molecular weight excluding hydrogens is 318 g/mol. The van der Waals surface area contributed by atoms with E-state index in [1.54, 1.807) is 7.11 Å². The van der Waals surface area contributed by atoms with E-state index in [0.717, 1.165) is 23.3 Å². The Morgan fingerprint density at radius 3 is 2.92 bits per heavy atom. The van der Waals surface area contributed by atoms with E-state index >= 15 is 0 Å². The third-order valence-electron chi connectivity index (χ3n) is 4.31. The molecule has 1 atom stereocenters. The lowest BCUT2D eigenvalue weighted by molar-refractivity contribution is -0.117. The van der Waals surface area contributed by atoms with Crippen LogP contribution in [0.1, 0.15) is 12.3 Å². The SMILES string of the molecule is COCc1nc2cc(NC3CCN(c4ccccc4)C3=O)ccc2o1. The molecule has 2 heterocycles. The fraction of sp³-hybridized carbons (Fsp3) is 0.263. The van der Waals surface area contributed by atoms with Gasteiger partial charge in [-0.15, -0.1) is 0 Å². The summed E-state index contributed by atoms with van der Waals surface area (Å²) in [6.45, 7) is 1.05. The number of hydrogen-bond donors (Lipinski definition) is 1. The quantitative estimate of drug-likeness (QED) is 0.774. The number of hydrogen-bond acceptors (Lipinski definition) is 5. The summed E-state index contributed by atoms with van der Waals surface area (Å²) in [5, 5.41) is 3.32. The lowest BCUT2D eigenvalue weighted by Crippen LogP contribution is -2.33. The van der Waals surface area contributed by atoms with Gasteiger partial charge in [-0.05, 0) is 36.8 Å². The van der Waals surface area contributed by atoms with Gasteiger partial charge in [0.25, 0.3) is 0 Å². The Hall–Kier alpha value is -2.86. The number of benzene rings is 2. The molecule has 1 aromatic heterocycles. The van der Waals surface area contributed by atoms with Gasteiger partial charge in [0, 0.05) is 25.0 Å². The van der Waals surface area contributed by atoms with E-state index in [1.165, 1.54) is 0 Å². The average Bonchev–Trinajstić information content (AvgIpc) is 3.19. The van der Waals surface area contributed by atoms with E-state index in [-0.39, 0.29) is 11.9 Å². The molecule has 1 aliphatic rings. The van der Waals surface area contributed by atoms with Crippen molar-refractivity contribution in [2.75, 3.05) is 23.9 Å². The van der Waals surface area contributed by atoms with Crippen molar-refractivity contribution in [3.05, 3.63) is 54.4 Å². The Kier molecular flexibility index (Phi) is 4.11. The van der Waals surface area contributed by atoms with E-state index in [4.69, 9.17) is 9.15 Å². The van der Waals surface area contributed by atoms with Gasteiger partial charge in [-0.3, -0.25) is 4.79 Å². The minimum atomic E-state index is -0.233. The number of para-hydroxylation sites is 1. The minimum Gasteiger partial charge on any atom is -0.438 e. The second kappa shape index (κ2) is 6.57. The molecule has 4 rings (SSSR count). The van der Waals surface area contributed by atoms with Crippen LogP contribution in [0.15, 0.2) is 52.9 Å². The predicted octanol–water partition coefficient (Wildman–Crippen LogP) is 3.19. The van der Waals surface area contributed by atoms with Gasteiger partial charge in [-0.1, -0.05) is 18.2 Å². The molecule has 0 spiro atoms. The zero-order chi connectivity index (χ0) is 17.2. The highest BCUT2D eigenvalue weighted by atomic mass is 16.5. The number of nitrogens with one attached hydrogen (secondary N) is 1. The Balaban J connectivity index is 1.50. The smallest absolute Gasteiger partial charge is 0.249 e. The minimum absolute atomic E-state index is 0.0894. The number of carbonyl (C=O) groups is 1. The Morgan fingerprint density at radius 1 is 1.28 bits per heavy atom. The fourth-order valence-electron chi connectivity index (χ4n) is 3.13. The molecule has 128 valence electrons. The fourth-order valence-corrected chi connectivity index (χ4v) is 3.13. The molecule has 6 heteroatoms. The van der Waals surface area contributed by atoms with Crippen LogP contribution in [0.25, 0.3) is 11.1 Å². The molecular formula is C19H19N3O3. The summed E-state index contributed by atoms with van der Waals surface area (Å²) >= 11 is 0. The van der Waals surface area contributed by atoms with Crippen molar-refractivity contribution in [2.45, 2.75) is 19.1 Å². The van der Waals surface area contributed by atoms with E-state index in [2.05, 4.69) is 10.3 Å². The van der Waals surface area contributed by atoms with Crippen molar-refractivity contribution in [2.24, 2.45) is 0 Å². The van der Waals surface area contributed by atoms with Crippen molar-refractivity contribution in [1.29, 1.82) is 0 Å². The van der Waals surface area contributed by atoms with E-state index in [0.29, 0.717) is 24.6 Å². The maximum absolute atomic E-state index is 12.7. The van der Waals surface area contributed by atoms with Crippen LogP contribution in [-0.2, 0) is 16.1 Å². The molecule has 1 N–H and O–H groups in total. The number of rotatable bonds is 5. The molecule has 1 amide bonds. The molecule has 0 radical (unpaired) electrons. The van der Waals surface area contributed by atoms with Gasteiger partial charge in [0.05, 0.1) is 0 Å². The lowest BCUT2D eigenvalue weighted by Gasteiger charge is -2.17. The summed E-state index contributed by atoms with van der Waals surface area (Å²) in [6, 6.07) is 15.2. The molecule has 0 aliphatic carbocycles. The lowest BCUT2D eigenvalue weighted by atomic mass is 10.2. The van der Waals surface area contributed by atoms with Crippen LogP contribution < -0.4 is 10.2 Å². The maximum Gasteiger partial charge on any atom is 0.249 e. The molecule has 3 aromatic rings. The molecule has 6 nitrogen and oxygen atoms in total. The predicted molar refractivity (Wildman–Crippen MR) is 95.5 cm³/mol. The van der Waals surface area contributed by atoms with Gasteiger partial charge >= 0.3 is 0 Å². The van der Waals surface area contributed by atoms with Crippen LogP contribution >= 0.6 is 0 Å². The summed E-state index contributed by atoms with van der Waals surface area (Å²) in [4.78, 5) is 18.9. The Bertz CT molecular complexity index is 891. The van der Waals surface area contributed by atoms with Gasteiger partial charge in [0.15, 0.2) is 5.58 Å². The number of fused-ring (bicyclic) bond motifs is 1. The third kappa shape index (κ3) is 3.08. The van der Waals surface area contributed by atoms with Gasteiger partial charge < -0.3 is 19.4 Å². The summed E-state index contributed by atoms with van der Waals surface area (Å²) < 4.78 is 10.6. The third-order valence-corrected chi connectivity index (χ3v) is 4.31. The van der Waals surface area contributed by atoms with Crippen molar-refractivity contribution >= 4 is 28.4 Å². The largest absolute Gasteiger partial charge is 0.438 e. The first-order valence-electron chi connectivity index (χ1n) is 8.26. The first-order chi connectivity index (χ1) is 12.2. The van der Waals surface area contributed by atoms with Gasteiger partial charge in [-0.2, -0.15) is 0 Å². The second-order valence-corrected chi connectivity index (χ2v) is 6.03. The molecule has 0 bridgehead atoms. The first kappa shape index (κ1) is 15.7. The Labute approximate surface area is 145 Å². The number of ether oxygens (including phenoxy) is 1. The van der Waals surface area contributed by atoms with E-state index in [9.17, 15) is 4.79 Å². The maximum atomic E-state index is 12.7. The number of nitrogens with zero attached hydrogens (tertiary/aromatic N) is 2. The van der Waals surface area contributed by atoms with Crippen molar-refractivity contribution in [3.63, 3.8) is 0 Å². The van der Waals surface area contributed by atoms with Gasteiger partial charge in [0.2, 0.25) is 11.8 Å². The van der Waals surface area contributed by atoms with Crippen molar-refractivity contribution in [3.8, 4) is 0 Å². The molecule has 1 aliphatic heterocycles. The molecule has 2 aromatic carbocycles. The van der Waals surface area contributed by atoms with E-state index in [1.807, 2.05) is 53.4 Å². The molecule has 0 saturated carbocycles. The number of aromatic nitrogens is 1.